The van der Waals surface area contributed by atoms with Crippen molar-refractivity contribution in [2.45, 2.75) is 13.0 Å². The molecule has 8 nitrogen and oxygen atoms in total. The average Bonchev–Trinajstić information content (AvgIpc) is 3.23. The van der Waals surface area contributed by atoms with E-state index in [0.717, 1.165) is 11.1 Å². The first kappa shape index (κ1) is 19.3. The van der Waals surface area contributed by atoms with Gasteiger partial charge >= 0.3 is 0 Å². The molecule has 0 bridgehead atoms. The van der Waals surface area contributed by atoms with Gasteiger partial charge < -0.3 is 18.9 Å². The topological polar surface area (TPSA) is 98.6 Å². The molecule has 0 spiro atoms. The van der Waals surface area contributed by atoms with E-state index in [0.29, 0.717) is 12.3 Å². The molecular formula is C21H18FN5O3. The van der Waals surface area contributed by atoms with Crippen LogP contribution in [0.2, 0.25) is 0 Å². The second-order valence-corrected chi connectivity index (χ2v) is 6.54. The van der Waals surface area contributed by atoms with E-state index in [9.17, 15) is 9.60 Å². The van der Waals surface area contributed by atoms with Crippen molar-refractivity contribution in [1.82, 2.24) is 19.7 Å². The van der Waals surface area contributed by atoms with Crippen LogP contribution in [0.5, 0.6) is 5.75 Å². The smallest absolute Gasteiger partial charge is 0.270 e. The lowest BCUT2D eigenvalue weighted by molar-refractivity contribution is 0.266. The molecular weight excluding hydrogens is 389 g/mol. The molecule has 0 aliphatic carbocycles. The highest BCUT2D eigenvalue weighted by Gasteiger charge is 2.19. The van der Waals surface area contributed by atoms with Gasteiger partial charge in [-0.05, 0) is 23.3 Å². The quantitative estimate of drug-likeness (QED) is 0.390. The van der Waals surface area contributed by atoms with Crippen LogP contribution < -0.4 is 10.2 Å². The molecule has 9 heteroatoms. The first-order valence-electron chi connectivity index (χ1n) is 9.11. The van der Waals surface area contributed by atoms with Crippen molar-refractivity contribution in [1.29, 1.82) is 0 Å². The Labute approximate surface area is 170 Å². The number of hydrogen-bond donors (Lipinski definition) is 1. The third-order valence-corrected chi connectivity index (χ3v) is 4.37. The lowest BCUT2D eigenvalue weighted by Crippen LogP contribution is -2.22. The van der Waals surface area contributed by atoms with Crippen molar-refractivity contribution in [2.75, 3.05) is 0 Å². The number of aryl methyl sites for hydroxylation is 1. The summed E-state index contributed by atoms with van der Waals surface area (Å²) < 4.78 is 26.3. The Kier molecular flexibility index (Phi) is 5.51. The van der Waals surface area contributed by atoms with Crippen LogP contribution >= 0.6 is 0 Å². The van der Waals surface area contributed by atoms with Crippen molar-refractivity contribution >= 4 is 0 Å². The van der Waals surface area contributed by atoms with Crippen LogP contribution in [-0.2, 0) is 20.1 Å². The lowest BCUT2D eigenvalue weighted by Gasteiger charge is -2.11. The summed E-state index contributed by atoms with van der Waals surface area (Å²) in [5.41, 5.74) is 2.18. The minimum absolute atomic E-state index is 0.126. The molecule has 30 heavy (non-hydrogen) atoms. The number of benzene rings is 2. The highest BCUT2D eigenvalue weighted by Crippen LogP contribution is 2.25. The fourth-order valence-electron chi connectivity index (χ4n) is 2.85. The summed E-state index contributed by atoms with van der Waals surface area (Å²) in [5, 5.41) is 20.9. The first-order chi connectivity index (χ1) is 14.6. The van der Waals surface area contributed by atoms with E-state index < -0.39 is 0 Å². The van der Waals surface area contributed by atoms with Crippen molar-refractivity contribution in [2.24, 2.45) is 12.2 Å². The van der Waals surface area contributed by atoms with Gasteiger partial charge in [0.15, 0.2) is 11.4 Å². The van der Waals surface area contributed by atoms with Gasteiger partial charge in [-0.1, -0.05) is 47.6 Å². The van der Waals surface area contributed by atoms with Gasteiger partial charge in [0, 0.05) is 7.05 Å². The summed E-state index contributed by atoms with van der Waals surface area (Å²) in [7, 11) is 1.68. The molecule has 152 valence electrons. The Hall–Kier alpha value is -4.01. The minimum Gasteiger partial charge on any atom is -0.483 e. The van der Waals surface area contributed by atoms with E-state index >= 15 is 0 Å². The van der Waals surface area contributed by atoms with E-state index in [2.05, 4.69) is 20.3 Å². The fraction of sp³-hybridized carbons (Fsp3) is 0.143. The van der Waals surface area contributed by atoms with Gasteiger partial charge in [-0.3, -0.25) is 0 Å². The number of ether oxygens (including phenoxy) is 1. The zero-order valence-electron chi connectivity index (χ0n) is 16.1. The van der Waals surface area contributed by atoms with Crippen LogP contribution in [0.4, 0.5) is 4.39 Å². The maximum atomic E-state index is 13.1. The maximum Gasteiger partial charge on any atom is 0.270 e. The third-order valence-electron chi connectivity index (χ3n) is 4.37. The van der Waals surface area contributed by atoms with Crippen molar-refractivity contribution in [3.8, 4) is 17.3 Å². The summed E-state index contributed by atoms with van der Waals surface area (Å²) in [5.74, 6) is 0.360. The van der Waals surface area contributed by atoms with Crippen molar-refractivity contribution < 1.29 is 18.8 Å². The molecule has 0 saturated heterocycles. The van der Waals surface area contributed by atoms with Crippen molar-refractivity contribution in [3.05, 3.63) is 89.2 Å². The van der Waals surface area contributed by atoms with Gasteiger partial charge in [0.1, 0.15) is 12.4 Å². The molecule has 0 fully saturated rings. The first-order valence-corrected chi connectivity index (χ1v) is 9.11. The van der Waals surface area contributed by atoms with Crippen LogP contribution in [0.25, 0.3) is 11.6 Å². The zero-order chi connectivity index (χ0) is 20.9. The molecule has 0 atom stereocenters. The molecule has 0 aliphatic rings. The van der Waals surface area contributed by atoms with Crippen LogP contribution in [0, 0.1) is 5.82 Å². The second-order valence-electron chi connectivity index (χ2n) is 6.54. The monoisotopic (exact) mass is 407 g/mol. The third kappa shape index (κ3) is 4.19. The predicted molar refractivity (Wildman–Crippen MR) is 104 cm³/mol. The van der Waals surface area contributed by atoms with Crippen LogP contribution in [-0.4, -0.2) is 25.0 Å². The lowest BCUT2D eigenvalue weighted by atomic mass is 10.1. The molecule has 0 radical (unpaired) electrons. The molecule has 0 amide bonds. The molecule has 2 aromatic carbocycles. The zero-order valence-corrected chi connectivity index (χ0v) is 16.1. The average molecular weight is 407 g/mol. The Bertz CT molecular complexity index is 1200. The van der Waals surface area contributed by atoms with Gasteiger partial charge in [0.05, 0.1) is 12.7 Å². The van der Waals surface area contributed by atoms with Gasteiger partial charge in [-0.15, -0.1) is 10.2 Å². The normalized spacial score (nSPS) is 11.6. The Morgan fingerprint density at radius 3 is 2.57 bits per heavy atom. The maximum absolute atomic E-state index is 13.1. The second kappa shape index (κ2) is 8.56. The fourth-order valence-corrected chi connectivity index (χ4v) is 2.85. The molecule has 1 N–H and O–H groups in total. The molecule has 0 aliphatic heterocycles. The Morgan fingerprint density at radius 2 is 1.83 bits per heavy atom. The number of rotatable bonds is 6. The highest BCUT2D eigenvalue weighted by atomic mass is 19.1. The van der Waals surface area contributed by atoms with Gasteiger partial charge in [-0.2, -0.15) is 0 Å². The Balaban J connectivity index is 1.65. The standard InChI is InChI=1S/C21H18FN5O3/c1-27-13-23-18(19(20(27)26-28)29-12-15-5-3-2-4-6-15)21-25-24-17(30-21)11-14-7-9-16(22)10-8-14/h2-10,13,28H,11-12H2,1H3/b26-20-. The van der Waals surface area contributed by atoms with E-state index in [1.54, 1.807) is 19.2 Å². The van der Waals surface area contributed by atoms with Crippen LogP contribution in [0.15, 0.2) is 70.5 Å². The van der Waals surface area contributed by atoms with Crippen LogP contribution in [0.3, 0.4) is 0 Å². The number of halogens is 1. The molecule has 2 heterocycles. The van der Waals surface area contributed by atoms with E-state index in [1.807, 2.05) is 30.3 Å². The van der Waals surface area contributed by atoms with E-state index in [1.165, 1.54) is 23.0 Å². The number of hydrogen-bond acceptors (Lipinski definition) is 7. The SMILES string of the molecule is Cn1cnc(-c2nnc(Cc3ccc(F)cc3)o2)c(OCc2ccccc2)/c1=N/O. The minimum atomic E-state index is -0.313. The Morgan fingerprint density at radius 1 is 1.07 bits per heavy atom. The summed E-state index contributed by atoms with van der Waals surface area (Å²) in [4.78, 5) is 4.32. The van der Waals surface area contributed by atoms with E-state index in [-0.39, 0.29) is 35.2 Å². The number of aromatic nitrogens is 4. The molecule has 2 aromatic heterocycles. The van der Waals surface area contributed by atoms with E-state index in [4.69, 9.17) is 9.15 Å². The molecule has 0 saturated carbocycles. The highest BCUT2D eigenvalue weighted by molar-refractivity contribution is 5.55. The molecule has 0 unspecified atom stereocenters. The largest absolute Gasteiger partial charge is 0.483 e. The van der Waals surface area contributed by atoms with Gasteiger partial charge in [0.2, 0.25) is 11.4 Å². The summed E-state index contributed by atoms with van der Waals surface area (Å²) in [6.45, 7) is 0.235. The molecule has 4 aromatic rings. The number of nitrogens with zero attached hydrogens (tertiary/aromatic N) is 5. The summed E-state index contributed by atoms with van der Waals surface area (Å²) in [6, 6.07) is 15.6. The molecule has 4 rings (SSSR count). The summed E-state index contributed by atoms with van der Waals surface area (Å²) in [6.07, 6.45) is 1.80. The van der Waals surface area contributed by atoms with Crippen LogP contribution in [0.1, 0.15) is 17.0 Å². The summed E-state index contributed by atoms with van der Waals surface area (Å²) >= 11 is 0. The van der Waals surface area contributed by atoms with Gasteiger partial charge in [0.25, 0.3) is 5.89 Å². The van der Waals surface area contributed by atoms with Crippen molar-refractivity contribution in [3.63, 3.8) is 0 Å². The van der Waals surface area contributed by atoms with Gasteiger partial charge in [-0.25, -0.2) is 9.37 Å². The predicted octanol–water partition coefficient (Wildman–Crippen LogP) is 3.07.